The first kappa shape index (κ1) is 31.9. The maximum Gasteiger partial charge on any atom is 0.274 e. The number of hydrogen-bond acceptors (Lipinski definition) is 7. The van der Waals surface area contributed by atoms with Gasteiger partial charge in [0.05, 0.1) is 13.2 Å². The molecule has 0 saturated carbocycles. The molecule has 0 spiro atoms. The molecule has 4 heterocycles. The summed E-state index contributed by atoms with van der Waals surface area (Å²) in [7, 11) is 0. The van der Waals surface area contributed by atoms with Crippen molar-refractivity contribution in [1.82, 2.24) is 25.1 Å². The van der Waals surface area contributed by atoms with Gasteiger partial charge < -0.3 is 25.3 Å². The molecular weight excluding hydrogens is 566 g/mol. The standard InChI is InChI=1S/C35H43N7O3/c1-4-8-30-29(34(36-6-3)42-17-19-45-20-18-42)22-31(40-30)26-10-12-27(13-11-26)39-35(44)32-21-25(14-15-37-32)23-41-16-7-9-28(24-41)38-33(43)5-2/h5-6,8,10-15,21-22,28,40H,2,4,7,9,16-20,23-24H2,1,3H3,(H,38,43)(H,39,44)/b30-8+,34-29+,36-6-. The van der Waals surface area contributed by atoms with Crippen molar-refractivity contribution in [3.63, 3.8) is 0 Å². The molecular formula is C35H43N7O3. The van der Waals surface area contributed by atoms with E-state index in [9.17, 15) is 9.59 Å². The predicted octanol–water partition coefficient (Wildman–Crippen LogP) is 3.27. The number of benzene rings is 1. The number of H-pyrrole nitrogens is 1. The Morgan fingerprint density at radius 3 is 2.69 bits per heavy atom. The van der Waals surface area contributed by atoms with Gasteiger partial charge in [-0.3, -0.25) is 19.5 Å². The average molecular weight is 610 g/mol. The number of aromatic amines is 1. The number of amides is 2. The lowest BCUT2D eigenvalue weighted by Crippen LogP contribution is -2.46. The Kier molecular flexibility index (Phi) is 10.9. The number of piperidine rings is 1. The van der Waals surface area contributed by atoms with Crippen LogP contribution in [-0.4, -0.2) is 83.2 Å². The summed E-state index contributed by atoms with van der Waals surface area (Å²) in [4.78, 5) is 42.1. The fraction of sp³-hybridized carbons (Fsp3) is 0.371. The number of nitrogens with one attached hydrogen (secondary N) is 3. The van der Waals surface area contributed by atoms with Gasteiger partial charge in [0, 0.05) is 66.6 Å². The van der Waals surface area contributed by atoms with Crippen molar-refractivity contribution in [2.75, 3.05) is 44.7 Å². The zero-order valence-corrected chi connectivity index (χ0v) is 26.2. The number of aromatic nitrogens is 2. The monoisotopic (exact) mass is 609 g/mol. The van der Waals surface area contributed by atoms with E-state index in [-0.39, 0.29) is 17.9 Å². The van der Waals surface area contributed by atoms with Crippen molar-refractivity contribution in [3.8, 4) is 11.3 Å². The van der Waals surface area contributed by atoms with Crippen LogP contribution in [0, 0.1) is 0 Å². The van der Waals surface area contributed by atoms with Crippen molar-refractivity contribution in [2.45, 2.75) is 45.7 Å². The molecule has 1 unspecified atom stereocenters. The van der Waals surface area contributed by atoms with E-state index < -0.39 is 0 Å². The van der Waals surface area contributed by atoms with E-state index in [0.29, 0.717) is 31.1 Å². The zero-order chi connectivity index (χ0) is 31.6. The Balaban J connectivity index is 1.28. The summed E-state index contributed by atoms with van der Waals surface area (Å²) in [6, 6.07) is 13.8. The minimum absolute atomic E-state index is 0.0977. The Morgan fingerprint density at radius 2 is 1.96 bits per heavy atom. The molecule has 0 radical (unpaired) electrons. The number of ether oxygens (including phenoxy) is 1. The highest BCUT2D eigenvalue weighted by Crippen LogP contribution is 2.20. The minimum atomic E-state index is -0.261. The highest BCUT2D eigenvalue weighted by molar-refractivity contribution is 6.03. The van der Waals surface area contributed by atoms with Gasteiger partial charge in [-0.2, -0.15) is 0 Å². The largest absolute Gasteiger partial charge is 0.378 e. The second-order valence-electron chi connectivity index (χ2n) is 11.3. The van der Waals surface area contributed by atoms with Crippen LogP contribution < -0.4 is 21.2 Å². The lowest BCUT2D eigenvalue weighted by molar-refractivity contribution is -0.117. The fourth-order valence-corrected chi connectivity index (χ4v) is 5.86. The van der Waals surface area contributed by atoms with Gasteiger partial charge in [-0.05, 0) is 80.3 Å². The van der Waals surface area contributed by atoms with E-state index in [0.717, 1.165) is 78.7 Å². The van der Waals surface area contributed by atoms with Gasteiger partial charge in [0.25, 0.3) is 5.91 Å². The number of likely N-dealkylation sites (tertiary alicyclic amines) is 1. The molecule has 3 aromatic rings. The highest BCUT2D eigenvalue weighted by atomic mass is 16.5. The molecule has 236 valence electrons. The first-order valence-electron chi connectivity index (χ1n) is 15.7. The molecule has 2 fully saturated rings. The summed E-state index contributed by atoms with van der Waals surface area (Å²) >= 11 is 0. The van der Waals surface area contributed by atoms with Gasteiger partial charge >= 0.3 is 0 Å². The maximum atomic E-state index is 13.1. The summed E-state index contributed by atoms with van der Waals surface area (Å²) in [5.74, 6) is 0.540. The van der Waals surface area contributed by atoms with Crippen LogP contribution in [0.15, 0.2) is 66.3 Å². The molecule has 10 heteroatoms. The number of pyridine rings is 1. The quantitative estimate of drug-likeness (QED) is 0.240. The lowest BCUT2D eigenvalue weighted by Gasteiger charge is -2.33. The number of aliphatic imine (C=N–C) groups is 1. The van der Waals surface area contributed by atoms with Crippen LogP contribution >= 0.6 is 0 Å². The highest BCUT2D eigenvalue weighted by Gasteiger charge is 2.21. The smallest absolute Gasteiger partial charge is 0.274 e. The molecule has 45 heavy (non-hydrogen) atoms. The zero-order valence-electron chi connectivity index (χ0n) is 26.2. The van der Waals surface area contributed by atoms with E-state index in [4.69, 9.17) is 9.73 Å². The van der Waals surface area contributed by atoms with Gasteiger partial charge in [-0.15, -0.1) is 0 Å². The molecule has 5 rings (SSSR count). The predicted molar refractivity (Wildman–Crippen MR) is 179 cm³/mol. The summed E-state index contributed by atoms with van der Waals surface area (Å²) in [6.45, 7) is 13.0. The lowest BCUT2D eigenvalue weighted by atomic mass is 10.0. The number of nitrogens with zero attached hydrogens (tertiary/aromatic N) is 4. The van der Waals surface area contributed by atoms with E-state index in [1.165, 1.54) is 6.08 Å². The number of morpholine rings is 1. The Morgan fingerprint density at radius 1 is 1.16 bits per heavy atom. The fourth-order valence-electron chi connectivity index (χ4n) is 5.86. The molecule has 0 bridgehead atoms. The third-order valence-corrected chi connectivity index (χ3v) is 8.01. The average Bonchev–Trinajstić information content (AvgIpc) is 3.48. The first-order chi connectivity index (χ1) is 22.0. The number of hydrogen-bond donors (Lipinski definition) is 3. The molecule has 2 aliphatic heterocycles. The number of carbonyl (C=O) groups is 2. The molecule has 2 aliphatic rings. The van der Waals surface area contributed by atoms with Crippen LogP contribution in [0.5, 0.6) is 0 Å². The third kappa shape index (κ3) is 8.34. The molecule has 2 aromatic heterocycles. The SMILES string of the molecule is C=CC(=O)NC1CCCN(Cc2ccnc(C(=O)Nc3ccc(-c4cc(=C(/N=C\C)N5CCOCC5)/c(=C\CC)[nH]4)cc3)c2)C1. The van der Waals surface area contributed by atoms with Gasteiger partial charge in [0.1, 0.15) is 11.5 Å². The second-order valence-corrected chi connectivity index (χ2v) is 11.3. The van der Waals surface area contributed by atoms with Gasteiger partial charge in [0.15, 0.2) is 0 Å². The number of carbonyl (C=O) groups excluding carboxylic acids is 2. The van der Waals surface area contributed by atoms with Crippen LogP contribution in [0.4, 0.5) is 5.69 Å². The van der Waals surface area contributed by atoms with Crippen LogP contribution in [0.1, 0.15) is 49.2 Å². The van der Waals surface area contributed by atoms with Gasteiger partial charge in [0.2, 0.25) is 5.91 Å². The van der Waals surface area contributed by atoms with E-state index in [1.54, 1.807) is 6.20 Å². The van der Waals surface area contributed by atoms with Gasteiger partial charge in [-0.1, -0.05) is 31.7 Å². The first-order valence-corrected chi connectivity index (χ1v) is 15.7. The Labute approximate surface area is 264 Å². The van der Waals surface area contributed by atoms with Crippen molar-refractivity contribution in [1.29, 1.82) is 0 Å². The van der Waals surface area contributed by atoms with Crippen LogP contribution in [0.25, 0.3) is 23.2 Å². The molecule has 2 amide bonds. The van der Waals surface area contributed by atoms with E-state index in [2.05, 4.69) is 56.0 Å². The number of rotatable bonds is 10. The molecule has 0 aliphatic carbocycles. The van der Waals surface area contributed by atoms with Crippen LogP contribution in [-0.2, 0) is 16.1 Å². The molecule has 10 nitrogen and oxygen atoms in total. The third-order valence-electron chi connectivity index (χ3n) is 8.01. The molecule has 1 atom stereocenters. The van der Waals surface area contributed by atoms with E-state index in [1.807, 2.05) is 49.5 Å². The van der Waals surface area contributed by atoms with Crippen LogP contribution in [0.3, 0.4) is 0 Å². The summed E-state index contributed by atoms with van der Waals surface area (Å²) in [5, 5.41) is 8.10. The van der Waals surface area contributed by atoms with Crippen LogP contribution in [0.2, 0.25) is 0 Å². The second kappa shape index (κ2) is 15.5. The van der Waals surface area contributed by atoms with Crippen molar-refractivity contribution in [2.24, 2.45) is 4.99 Å². The Bertz CT molecular complexity index is 1640. The molecule has 1 aromatic carbocycles. The van der Waals surface area contributed by atoms with Crippen molar-refractivity contribution >= 4 is 35.6 Å². The topological polar surface area (TPSA) is 115 Å². The van der Waals surface area contributed by atoms with E-state index >= 15 is 0 Å². The van der Waals surface area contributed by atoms with Crippen molar-refractivity contribution < 1.29 is 14.3 Å². The summed E-state index contributed by atoms with van der Waals surface area (Å²) in [5.41, 5.74) is 4.05. The Hall–Kier alpha value is -4.54. The van der Waals surface area contributed by atoms with Gasteiger partial charge in [-0.25, -0.2) is 4.99 Å². The molecule has 3 N–H and O–H groups in total. The molecule has 2 saturated heterocycles. The van der Waals surface area contributed by atoms with Crippen molar-refractivity contribution in [3.05, 3.63) is 83.1 Å². The normalized spacial score (nSPS) is 18.6. The minimum Gasteiger partial charge on any atom is -0.378 e. The number of anilines is 1. The maximum absolute atomic E-state index is 13.1. The summed E-state index contributed by atoms with van der Waals surface area (Å²) < 4.78 is 5.56. The summed E-state index contributed by atoms with van der Waals surface area (Å²) in [6.07, 6.45) is 9.85.